The highest BCUT2D eigenvalue weighted by Crippen LogP contribution is 2.27. The van der Waals surface area contributed by atoms with Gasteiger partial charge in [0.05, 0.1) is 12.0 Å². The van der Waals surface area contributed by atoms with Crippen molar-refractivity contribution < 1.29 is 14.4 Å². The largest absolute Gasteiger partial charge is 0.467 e. The van der Waals surface area contributed by atoms with Gasteiger partial charge in [-0.15, -0.1) is 4.98 Å². The summed E-state index contributed by atoms with van der Waals surface area (Å²) in [5.41, 5.74) is 2.79. The quantitative estimate of drug-likeness (QED) is 0.472. The van der Waals surface area contributed by atoms with Crippen LogP contribution in [0.5, 0.6) is 17.8 Å². The number of nitrogens with two attached hydrogens (primary N) is 1. The Labute approximate surface area is 119 Å². The van der Waals surface area contributed by atoms with Gasteiger partial charge in [-0.25, -0.2) is 5.84 Å². The number of aromatic nitrogens is 3. The molecule has 2 aromatic rings. The highest BCUT2D eigenvalue weighted by atomic mass is 16.6. The Morgan fingerprint density at radius 3 is 2.57 bits per heavy atom. The van der Waals surface area contributed by atoms with E-state index in [0.29, 0.717) is 11.3 Å². The van der Waals surface area contributed by atoms with Crippen molar-refractivity contribution in [2.24, 2.45) is 5.84 Å². The molecular weight excluding hydrogens is 280 g/mol. The number of nitrogens with zero attached hydrogens (tertiary/aromatic N) is 4. The van der Waals surface area contributed by atoms with Gasteiger partial charge in [-0.2, -0.15) is 9.97 Å². The van der Waals surface area contributed by atoms with Crippen molar-refractivity contribution in [1.82, 2.24) is 15.0 Å². The molecule has 0 aliphatic heterocycles. The number of hydrazine groups is 1. The molecule has 0 radical (unpaired) electrons. The third kappa shape index (κ3) is 3.30. The van der Waals surface area contributed by atoms with Gasteiger partial charge >= 0.3 is 12.0 Å². The zero-order valence-electron chi connectivity index (χ0n) is 11.2. The molecule has 0 fully saturated rings. The first-order valence-corrected chi connectivity index (χ1v) is 5.73. The molecule has 2 rings (SSSR count). The zero-order valence-corrected chi connectivity index (χ0v) is 11.2. The van der Waals surface area contributed by atoms with Crippen LogP contribution in [0.1, 0.15) is 5.56 Å². The zero-order chi connectivity index (χ0) is 15.4. The summed E-state index contributed by atoms with van der Waals surface area (Å²) in [7, 11) is 1.39. The van der Waals surface area contributed by atoms with E-state index in [1.165, 1.54) is 25.3 Å². The van der Waals surface area contributed by atoms with E-state index in [1.54, 1.807) is 6.92 Å². The van der Waals surface area contributed by atoms with E-state index in [2.05, 4.69) is 20.4 Å². The SMILES string of the molecule is COc1nc(NN)nc(Oc2ccc([N+](=O)[O-])cc2C)n1. The number of rotatable bonds is 5. The second-order valence-electron chi connectivity index (χ2n) is 3.88. The van der Waals surface area contributed by atoms with Gasteiger partial charge in [0.15, 0.2) is 0 Å². The molecule has 0 unspecified atom stereocenters. The minimum atomic E-state index is -0.487. The van der Waals surface area contributed by atoms with Gasteiger partial charge in [0.2, 0.25) is 5.95 Å². The number of hydrogen-bond donors (Lipinski definition) is 2. The van der Waals surface area contributed by atoms with Crippen LogP contribution >= 0.6 is 0 Å². The molecule has 0 spiro atoms. The number of anilines is 1. The maximum absolute atomic E-state index is 10.7. The molecule has 0 saturated carbocycles. The van der Waals surface area contributed by atoms with Crippen molar-refractivity contribution >= 4 is 11.6 Å². The van der Waals surface area contributed by atoms with Gasteiger partial charge in [0.25, 0.3) is 5.69 Å². The van der Waals surface area contributed by atoms with E-state index < -0.39 is 4.92 Å². The van der Waals surface area contributed by atoms with Crippen LogP contribution in [0.4, 0.5) is 11.6 Å². The molecule has 1 aromatic carbocycles. The standard InChI is InChI=1S/C11H12N6O4/c1-6-5-7(17(18)19)3-4-8(6)21-11-14-9(16-12)13-10(15-11)20-2/h3-5H,12H2,1-2H3,(H,13,14,15,16). The van der Waals surface area contributed by atoms with E-state index in [4.69, 9.17) is 15.3 Å². The van der Waals surface area contributed by atoms with Gasteiger partial charge in [0, 0.05) is 12.1 Å². The molecule has 0 atom stereocenters. The molecule has 0 saturated heterocycles. The summed E-state index contributed by atoms with van der Waals surface area (Å²) in [6.07, 6.45) is 0. The van der Waals surface area contributed by atoms with Crippen LogP contribution in [-0.2, 0) is 0 Å². The monoisotopic (exact) mass is 292 g/mol. The average Bonchev–Trinajstić information content (AvgIpc) is 2.48. The van der Waals surface area contributed by atoms with E-state index in [-0.39, 0.29) is 23.7 Å². The number of hydrogen-bond acceptors (Lipinski definition) is 9. The van der Waals surface area contributed by atoms with Crippen molar-refractivity contribution in [2.75, 3.05) is 12.5 Å². The fraction of sp³-hybridized carbons (Fsp3) is 0.182. The van der Waals surface area contributed by atoms with Gasteiger partial charge in [-0.05, 0) is 18.6 Å². The molecule has 110 valence electrons. The first kappa shape index (κ1) is 14.4. The van der Waals surface area contributed by atoms with Crippen molar-refractivity contribution in [3.8, 4) is 17.8 Å². The lowest BCUT2D eigenvalue weighted by molar-refractivity contribution is -0.384. The van der Waals surface area contributed by atoms with Crippen molar-refractivity contribution in [2.45, 2.75) is 6.92 Å². The van der Waals surface area contributed by atoms with Crippen LogP contribution in [0.25, 0.3) is 0 Å². The minimum absolute atomic E-state index is 0.0208. The number of nitrogens with one attached hydrogen (secondary N) is 1. The van der Waals surface area contributed by atoms with Gasteiger partial charge in [-0.1, -0.05) is 0 Å². The second kappa shape index (κ2) is 5.96. The fourth-order valence-corrected chi connectivity index (χ4v) is 1.50. The van der Waals surface area contributed by atoms with Gasteiger partial charge in [-0.3, -0.25) is 15.5 Å². The Morgan fingerprint density at radius 2 is 2.00 bits per heavy atom. The number of methoxy groups -OCH3 is 1. The molecule has 10 heteroatoms. The molecule has 0 amide bonds. The molecule has 1 aromatic heterocycles. The van der Waals surface area contributed by atoms with Crippen LogP contribution in [0.15, 0.2) is 18.2 Å². The highest BCUT2D eigenvalue weighted by molar-refractivity contribution is 5.44. The van der Waals surface area contributed by atoms with Crippen LogP contribution in [-0.4, -0.2) is 27.0 Å². The van der Waals surface area contributed by atoms with Crippen LogP contribution < -0.4 is 20.7 Å². The summed E-state index contributed by atoms with van der Waals surface area (Å²) < 4.78 is 10.4. The molecule has 0 bridgehead atoms. The first-order chi connectivity index (χ1) is 10.0. The van der Waals surface area contributed by atoms with E-state index in [0.717, 1.165) is 0 Å². The van der Waals surface area contributed by atoms with Crippen molar-refractivity contribution in [1.29, 1.82) is 0 Å². The molecule has 0 aliphatic carbocycles. The van der Waals surface area contributed by atoms with Crippen LogP contribution in [0, 0.1) is 17.0 Å². The summed E-state index contributed by atoms with van der Waals surface area (Å²) in [6, 6.07) is 4.14. The van der Waals surface area contributed by atoms with Crippen molar-refractivity contribution in [3.05, 3.63) is 33.9 Å². The lowest BCUT2D eigenvalue weighted by atomic mass is 10.2. The van der Waals surface area contributed by atoms with E-state index >= 15 is 0 Å². The van der Waals surface area contributed by atoms with Crippen LogP contribution in [0.2, 0.25) is 0 Å². The molecule has 1 heterocycles. The Bertz CT molecular complexity index is 656. The Kier molecular flexibility index (Phi) is 4.09. The first-order valence-electron chi connectivity index (χ1n) is 5.73. The number of ether oxygens (including phenoxy) is 2. The maximum atomic E-state index is 10.7. The summed E-state index contributed by atoms with van der Waals surface area (Å²) in [5.74, 6) is 5.67. The number of nitro benzene ring substituents is 1. The fourth-order valence-electron chi connectivity index (χ4n) is 1.50. The minimum Gasteiger partial charge on any atom is -0.467 e. The lowest BCUT2D eigenvalue weighted by Crippen LogP contribution is -2.12. The summed E-state index contributed by atoms with van der Waals surface area (Å²) in [4.78, 5) is 21.8. The molecule has 0 aliphatic rings. The van der Waals surface area contributed by atoms with Crippen molar-refractivity contribution in [3.63, 3.8) is 0 Å². The predicted octanol–water partition coefficient (Wildman–Crippen LogP) is 1.17. The topological polar surface area (TPSA) is 138 Å². The molecule has 10 nitrogen and oxygen atoms in total. The van der Waals surface area contributed by atoms with Gasteiger partial charge < -0.3 is 9.47 Å². The summed E-state index contributed by atoms with van der Waals surface area (Å²) in [6.45, 7) is 1.67. The molecular formula is C11H12N6O4. The lowest BCUT2D eigenvalue weighted by Gasteiger charge is -2.08. The van der Waals surface area contributed by atoms with E-state index in [1.807, 2.05) is 0 Å². The smallest absolute Gasteiger partial charge is 0.330 e. The van der Waals surface area contributed by atoms with Gasteiger partial charge in [0.1, 0.15) is 5.75 Å². The Balaban J connectivity index is 2.31. The molecule has 3 N–H and O–H groups in total. The third-order valence-corrected chi connectivity index (χ3v) is 2.48. The maximum Gasteiger partial charge on any atom is 0.330 e. The highest BCUT2D eigenvalue weighted by Gasteiger charge is 2.12. The number of nitrogen functional groups attached to an aromatic ring is 1. The summed E-state index contributed by atoms with van der Waals surface area (Å²) >= 11 is 0. The number of aryl methyl sites for hydroxylation is 1. The number of non-ortho nitro benzene ring substituents is 1. The molecule has 21 heavy (non-hydrogen) atoms. The predicted molar refractivity (Wildman–Crippen MR) is 72.1 cm³/mol. The number of nitro groups is 1. The van der Waals surface area contributed by atoms with E-state index in [9.17, 15) is 10.1 Å². The van der Waals surface area contributed by atoms with Crippen LogP contribution in [0.3, 0.4) is 0 Å². The number of benzene rings is 1. The Hall–Kier alpha value is -3.01. The Morgan fingerprint density at radius 1 is 1.29 bits per heavy atom. The normalized spacial score (nSPS) is 10.0. The summed E-state index contributed by atoms with van der Waals surface area (Å²) in [5, 5.41) is 10.7. The second-order valence-corrected chi connectivity index (χ2v) is 3.88. The average molecular weight is 292 g/mol. The third-order valence-electron chi connectivity index (χ3n) is 2.48.